The van der Waals surface area contributed by atoms with Gasteiger partial charge in [0.15, 0.2) is 0 Å². The SMILES string of the molecule is CCCC(C)(CN(CC)Cc1ccncc1)C(=O)O. The molecule has 1 aromatic rings. The van der Waals surface area contributed by atoms with Crippen molar-refractivity contribution in [3.05, 3.63) is 30.1 Å². The van der Waals surface area contributed by atoms with Gasteiger partial charge in [-0.05, 0) is 37.6 Å². The first-order valence-corrected chi connectivity index (χ1v) is 6.86. The molecule has 0 saturated heterocycles. The van der Waals surface area contributed by atoms with E-state index in [4.69, 9.17) is 0 Å². The maximum atomic E-state index is 11.5. The Kier molecular flexibility index (Phi) is 5.96. The standard InChI is InChI=1S/C15H24N2O2/c1-4-8-15(3,14(18)19)12-17(5-2)11-13-6-9-16-10-7-13/h6-7,9-10H,4-5,8,11-12H2,1-3H3,(H,18,19). The summed E-state index contributed by atoms with van der Waals surface area (Å²) in [7, 11) is 0. The summed E-state index contributed by atoms with van der Waals surface area (Å²) >= 11 is 0. The smallest absolute Gasteiger partial charge is 0.310 e. The van der Waals surface area contributed by atoms with Gasteiger partial charge in [-0.15, -0.1) is 0 Å². The van der Waals surface area contributed by atoms with Gasteiger partial charge in [0.05, 0.1) is 5.41 Å². The zero-order valence-corrected chi connectivity index (χ0v) is 12.1. The Balaban J connectivity index is 2.72. The predicted molar refractivity (Wildman–Crippen MR) is 75.8 cm³/mol. The molecule has 4 nitrogen and oxygen atoms in total. The number of carboxylic acid groups (broad SMARTS) is 1. The molecular formula is C15H24N2O2. The molecule has 0 aliphatic rings. The van der Waals surface area contributed by atoms with Gasteiger partial charge in [0.25, 0.3) is 0 Å². The van der Waals surface area contributed by atoms with Crippen molar-refractivity contribution in [3.8, 4) is 0 Å². The van der Waals surface area contributed by atoms with Crippen molar-refractivity contribution in [1.29, 1.82) is 0 Å². The summed E-state index contributed by atoms with van der Waals surface area (Å²) in [4.78, 5) is 17.7. The summed E-state index contributed by atoms with van der Waals surface area (Å²) in [6.07, 6.45) is 5.13. The van der Waals surface area contributed by atoms with E-state index in [1.54, 1.807) is 12.4 Å². The highest BCUT2D eigenvalue weighted by Crippen LogP contribution is 2.25. The normalized spacial score (nSPS) is 14.3. The number of rotatable bonds is 8. The molecule has 1 heterocycles. The predicted octanol–water partition coefficient (Wildman–Crippen LogP) is 2.79. The third-order valence-electron chi connectivity index (χ3n) is 3.49. The molecule has 19 heavy (non-hydrogen) atoms. The van der Waals surface area contributed by atoms with E-state index >= 15 is 0 Å². The summed E-state index contributed by atoms with van der Waals surface area (Å²) in [6.45, 7) is 8.12. The number of carbonyl (C=O) groups is 1. The fourth-order valence-corrected chi connectivity index (χ4v) is 2.32. The molecule has 1 unspecified atom stereocenters. The second-order valence-corrected chi connectivity index (χ2v) is 5.27. The summed E-state index contributed by atoms with van der Waals surface area (Å²) in [5.41, 5.74) is 0.499. The van der Waals surface area contributed by atoms with Crippen LogP contribution < -0.4 is 0 Å². The maximum Gasteiger partial charge on any atom is 0.310 e. The number of aliphatic carboxylic acids is 1. The fraction of sp³-hybridized carbons (Fsp3) is 0.600. The number of hydrogen-bond acceptors (Lipinski definition) is 3. The van der Waals surface area contributed by atoms with E-state index in [0.29, 0.717) is 13.0 Å². The van der Waals surface area contributed by atoms with Crippen LogP contribution in [0.15, 0.2) is 24.5 Å². The van der Waals surface area contributed by atoms with Crippen molar-refractivity contribution in [2.75, 3.05) is 13.1 Å². The first-order valence-electron chi connectivity index (χ1n) is 6.86. The molecule has 106 valence electrons. The zero-order valence-electron chi connectivity index (χ0n) is 12.1. The summed E-state index contributed by atoms with van der Waals surface area (Å²) in [5.74, 6) is -0.706. The maximum absolute atomic E-state index is 11.5. The molecule has 1 atom stereocenters. The van der Waals surface area contributed by atoms with Crippen molar-refractivity contribution in [3.63, 3.8) is 0 Å². The number of pyridine rings is 1. The minimum absolute atomic E-state index is 0.578. The monoisotopic (exact) mass is 264 g/mol. The highest BCUT2D eigenvalue weighted by molar-refractivity contribution is 5.74. The van der Waals surface area contributed by atoms with E-state index in [1.165, 1.54) is 5.56 Å². The van der Waals surface area contributed by atoms with Crippen molar-refractivity contribution < 1.29 is 9.90 Å². The minimum atomic E-state index is -0.706. The van der Waals surface area contributed by atoms with Crippen LogP contribution in [0.3, 0.4) is 0 Å². The van der Waals surface area contributed by atoms with Gasteiger partial charge < -0.3 is 5.11 Å². The summed E-state index contributed by atoms with van der Waals surface area (Å²) in [5, 5.41) is 9.44. The van der Waals surface area contributed by atoms with Gasteiger partial charge in [-0.3, -0.25) is 14.7 Å². The molecule has 0 radical (unpaired) electrons. The summed E-state index contributed by atoms with van der Waals surface area (Å²) in [6, 6.07) is 3.95. The molecule has 0 aromatic carbocycles. The number of nitrogens with zero attached hydrogens (tertiary/aromatic N) is 2. The molecule has 0 saturated carbocycles. The van der Waals surface area contributed by atoms with Gasteiger partial charge >= 0.3 is 5.97 Å². The molecule has 0 spiro atoms. The van der Waals surface area contributed by atoms with Gasteiger partial charge in [0.1, 0.15) is 0 Å². The molecule has 0 amide bonds. The molecule has 0 bridgehead atoms. The Morgan fingerprint density at radius 2 is 2.00 bits per heavy atom. The molecule has 4 heteroatoms. The lowest BCUT2D eigenvalue weighted by Crippen LogP contribution is -2.40. The molecule has 0 fully saturated rings. The molecule has 0 aliphatic carbocycles. The molecule has 1 rings (SSSR count). The Bertz CT molecular complexity index is 394. The highest BCUT2D eigenvalue weighted by atomic mass is 16.4. The van der Waals surface area contributed by atoms with E-state index < -0.39 is 11.4 Å². The van der Waals surface area contributed by atoms with Crippen LogP contribution in [-0.4, -0.2) is 34.0 Å². The van der Waals surface area contributed by atoms with E-state index in [-0.39, 0.29) is 0 Å². The summed E-state index contributed by atoms with van der Waals surface area (Å²) < 4.78 is 0. The second kappa shape index (κ2) is 7.24. The highest BCUT2D eigenvalue weighted by Gasteiger charge is 2.33. The minimum Gasteiger partial charge on any atom is -0.481 e. The van der Waals surface area contributed by atoms with Crippen LogP contribution in [-0.2, 0) is 11.3 Å². The second-order valence-electron chi connectivity index (χ2n) is 5.27. The van der Waals surface area contributed by atoms with Crippen molar-refractivity contribution in [1.82, 2.24) is 9.88 Å². The topological polar surface area (TPSA) is 53.4 Å². The fourth-order valence-electron chi connectivity index (χ4n) is 2.32. The lowest BCUT2D eigenvalue weighted by atomic mass is 9.85. The number of hydrogen-bond donors (Lipinski definition) is 1. The first kappa shape index (κ1) is 15.6. The average Bonchev–Trinajstić information content (AvgIpc) is 2.39. The van der Waals surface area contributed by atoms with Crippen LogP contribution >= 0.6 is 0 Å². The Hall–Kier alpha value is -1.42. The molecule has 0 aliphatic heterocycles. The lowest BCUT2D eigenvalue weighted by molar-refractivity contribution is -0.149. The molecular weight excluding hydrogens is 240 g/mol. The van der Waals surface area contributed by atoms with Crippen LogP contribution in [0.1, 0.15) is 39.2 Å². The van der Waals surface area contributed by atoms with Gasteiger partial charge in [-0.1, -0.05) is 20.3 Å². The Morgan fingerprint density at radius 1 is 1.37 bits per heavy atom. The quantitative estimate of drug-likeness (QED) is 0.784. The van der Waals surface area contributed by atoms with E-state index in [0.717, 1.165) is 19.5 Å². The van der Waals surface area contributed by atoms with Gasteiger partial charge in [-0.25, -0.2) is 0 Å². The van der Waals surface area contributed by atoms with Gasteiger partial charge in [0, 0.05) is 25.5 Å². The van der Waals surface area contributed by atoms with Crippen LogP contribution in [0, 0.1) is 5.41 Å². The Labute approximate surface area is 115 Å². The largest absolute Gasteiger partial charge is 0.481 e. The number of carboxylic acids is 1. The molecule has 1 aromatic heterocycles. The van der Waals surface area contributed by atoms with E-state index in [2.05, 4.69) is 16.8 Å². The third-order valence-corrected chi connectivity index (χ3v) is 3.49. The first-order chi connectivity index (χ1) is 9.01. The van der Waals surface area contributed by atoms with Gasteiger partial charge in [-0.2, -0.15) is 0 Å². The van der Waals surface area contributed by atoms with E-state index in [9.17, 15) is 9.90 Å². The lowest BCUT2D eigenvalue weighted by Gasteiger charge is -2.31. The van der Waals surface area contributed by atoms with Crippen LogP contribution in [0.4, 0.5) is 0 Å². The van der Waals surface area contributed by atoms with Crippen molar-refractivity contribution in [2.45, 2.75) is 40.2 Å². The van der Waals surface area contributed by atoms with Gasteiger partial charge in [0.2, 0.25) is 0 Å². The molecule has 1 N–H and O–H groups in total. The van der Waals surface area contributed by atoms with E-state index in [1.807, 2.05) is 26.0 Å². The van der Waals surface area contributed by atoms with Crippen molar-refractivity contribution in [2.24, 2.45) is 5.41 Å². The van der Waals surface area contributed by atoms with Crippen LogP contribution in [0.25, 0.3) is 0 Å². The zero-order chi connectivity index (χ0) is 14.3. The van der Waals surface area contributed by atoms with Crippen LogP contribution in [0.5, 0.6) is 0 Å². The average molecular weight is 264 g/mol. The van der Waals surface area contributed by atoms with Crippen LogP contribution in [0.2, 0.25) is 0 Å². The Morgan fingerprint density at radius 3 is 2.47 bits per heavy atom. The third kappa shape index (κ3) is 4.63. The number of aromatic nitrogens is 1. The van der Waals surface area contributed by atoms with Crippen molar-refractivity contribution >= 4 is 5.97 Å².